The van der Waals surface area contributed by atoms with Gasteiger partial charge in [-0.2, -0.15) is 13.2 Å². The molecule has 2 aromatic heterocycles. The van der Waals surface area contributed by atoms with E-state index in [1.807, 2.05) is 0 Å². The van der Waals surface area contributed by atoms with Crippen LogP contribution in [0.3, 0.4) is 0 Å². The summed E-state index contributed by atoms with van der Waals surface area (Å²) in [5.74, 6) is -0.562. The van der Waals surface area contributed by atoms with E-state index in [9.17, 15) is 23.1 Å². The quantitative estimate of drug-likeness (QED) is 0.396. The van der Waals surface area contributed by atoms with Crippen molar-refractivity contribution in [3.63, 3.8) is 0 Å². The van der Waals surface area contributed by atoms with Gasteiger partial charge >= 0.3 is 6.18 Å². The molecule has 2 aromatic rings. The number of nitrogens with zero attached hydrogens (tertiary/aromatic N) is 3. The van der Waals surface area contributed by atoms with Crippen LogP contribution in [-0.4, -0.2) is 51.9 Å². The number of amides is 1. The summed E-state index contributed by atoms with van der Waals surface area (Å²) >= 11 is 4.14. The standard InChI is InChI=1S/C21H24BrF3N6O2S/c22-14-2-1-10(8-29-14)13(32)9-28-11-3-5-31(6-4-11)15-7-12(21(23,24)25)16-17(26)18(19(27)33)34-20(16)30-15/h1-2,7-8,11,13,17-18,28,32H,3-6,9,26H2,(H2,27,33). The van der Waals surface area contributed by atoms with Crippen molar-refractivity contribution < 1.29 is 23.1 Å². The zero-order valence-corrected chi connectivity index (χ0v) is 20.3. The van der Waals surface area contributed by atoms with Crippen LogP contribution in [0.5, 0.6) is 0 Å². The maximum absolute atomic E-state index is 13.8. The average Bonchev–Trinajstić information content (AvgIpc) is 3.13. The number of aliphatic hydroxyl groups is 1. The molecule has 0 saturated carbocycles. The molecule has 1 saturated heterocycles. The van der Waals surface area contributed by atoms with Gasteiger partial charge in [0.1, 0.15) is 20.7 Å². The van der Waals surface area contributed by atoms with E-state index >= 15 is 0 Å². The third-order valence-electron chi connectivity index (χ3n) is 6.05. The van der Waals surface area contributed by atoms with Gasteiger partial charge in [-0.05, 0) is 40.9 Å². The Kier molecular flexibility index (Phi) is 7.38. The summed E-state index contributed by atoms with van der Waals surface area (Å²) in [6.07, 6.45) is -2.41. The molecule has 1 amide bonds. The Morgan fingerprint density at radius 2 is 2.06 bits per heavy atom. The summed E-state index contributed by atoms with van der Waals surface area (Å²) in [6.45, 7) is 1.33. The summed E-state index contributed by atoms with van der Waals surface area (Å²) in [7, 11) is 0. The number of nitrogens with one attached hydrogen (secondary N) is 1. The highest BCUT2D eigenvalue weighted by Crippen LogP contribution is 2.48. The average molecular weight is 561 g/mol. The Morgan fingerprint density at radius 1 is 1.35 bits per heavy atom. The number of carbonyl (C=O) groups is 1. The Morgan fingerprint density at radius 3 is 2.65 bits per heavy atom. The van der Waals surface area contributed by atoms with Crippen molar-refractivity contribution in [1.29, 1.82) is 0 Å². The fraction of sp³-hybridized carbons (Fsp3) is 0.476. The van der Waals surface area contributed by atoms with Gasteiger partial charge in [0, 0.05) is 43.0 Å². The number of alkyl halides is 3. The molecule has 0 spiro atoms. The number of rotatable bonds is 6. The molecule has 3 unspecified atom stereocenters. The van der Waals surface area contributed by atoms with E-state index < -0.39 is 35.0 Å². The molecule has 1 fully saturated rings. The van der Waals surface area contributed by atoms with Crippen LogP contribution >= 0.6 is 27.7 Å². The second-order valence-corrected chi connectivity index (χ2v) is 10.3. The smallest absolute Gasteiger partial charge is 0.387 e. The highest BCUT2D eigenvalue weighted by molar-refractivity contribution is 9.10. The molecule has 34 heavy (non-hydrogen) atoms. The van der Waals surface area contributed by atoms with Gasteiger partial charge < -0.3 is 26.8 Å². The number of carbonyl (C=O) groups excluding carboxylic acids is 1. The Hall–Kier alpha value is -1.93. The monoisotopic (exact) mass is 560 g/mol. The minimum absolute atomic E-state index is 0.104. The van der Waals surface area contributed by atoms with Crippen molar-refractivity contribution in [1.82, 2.24) is 15.3 Å². The summed E-state index contributed by atoms with van der Waals surface area (Å²) in [5, 5.41) is 12.8. The molecule has 0 radical (unpaired) electrons. The minimum atomic E-state index is -4.63. The lowest BCUT2D eigenvalue weighted by atomic mass is 9.99. The molecule has 2 aliphatic rings. The number of hydrogen-bond donors (Lipinski definition) is 4. The van der Waals surface area contributed by atoms with Crippen LogP contribution in [0.4, 0.5) is 19.0 Å². The first-order valence-corrected chi connectivity index (χ1v) is 12.3. The molecule has 0 bridgehead atoms. The highest BCUT2D eigenvalue weighted by atomic mass is 79.9. The van der Waals surface area contributed by atoms with Gasteiger partial charge in [0.05, 0.1) is 17.7 Å². The number of nitrogens with two attached hydrogens (primary N) is 2. The first-order valence-electron chi connectivity index (χ1n) is 10.7. The molecule has 4 heterocycles. The molecule has 4 rings (SSSR count). The lowest BCUT2D eigenvalue weighted by Gasteiger charge is -2.34. The molecule has 8 nitrogen and oxygen atoms in total. The molecule has 3 atom stereocenters. The van der Waals surface area contributed by atoms with Crippen LogP contribution in [0.2, 0.25) is 0 Å². The fourth-order valence-corrected chi connectivity index (χ4v) is 5.59. The number of piperidine rings is 1. The van der Waals surface area contributed by atoms with Crippen LogP contribution in [0.15, 0.2) is 34.0 Å². The molecule has 0 aromatic carbocycles. The second kappa shape index (κ2) is 9.97. The van der Waals surface area contributed by atoms with Crippen molar-refractivity contribution in [2.75, 3.05) is 24.5 Å². The van der Waals surface area contributed by atoms with E-state index in [0.29, 0.717) is 42.6 Å². The number of thioether (sulfide) groups is 1. The van der Waals surface area contributed by atoms with Gasteiger partial charge in [0.15, 0.2) is 0 Å². The summed E-state index contributed by atoms with van der Waals surface area (Å²) < 4.78 is 42.2. The number of anilines is 1. The van der Waals surface area contributed by atoms with Crippen molar-refractivity contribution in [3.05, 3.63) is 45.7 Å². The molecule has 13 heteroatoms. The molecule has 6 N–H and O–H groups in total. The van der Waals surface area contributed by atoms with Crippen LogP contribution in [0, 0.1) is 0 Å². The van der Waals surface area contributed by atoms with E-state index in [2.05, 4.69) is 31.2 Å². The third kappa shape index (κ3) is 5.33. The molecular weight excluding hydrogens is 537 g/mol. The van der Waals surface area contributed by atoms with Gasteiger partial charge in [-0.3, -0.25) is 4.79 Å². The fourth-order valence-electron chi connectivity index (χ4n) is 4.20. The Labute approximate surface area is 206 Å². The largest absolute Gasteiger partial charge is 0.416 e. The molecule has 2 aliphatic heterocycles. The van der Waals surface area contributed by atoms with Crippen molar-refractivity contribution in [2.24, 2.45) is 11.5 Å². The van der Waals surface area contributed by atoms with Gasteiger partial charge in [-0.25, -0.2) is 9.97 Å². The van der Waals surface area contributed by atoms with E-state index in [-0.39, 0.29) is 22.4 Å². The predicted octanol–water partition coefficient (Wildman–Crippen LogP) is 2.51. The van der Waals surface area contributed by atoms with Gasteiger partial charge in [0.2, 0.25) is 5.91 Å². The second-order valence-electron chi connectivity index (χ2n) is 8.31. The minimum Gasteiger partial charge on any atom is -0.387 e. The topological polar surface area (TPSA) is 130 Å². The third-order valence-corrected chi connectivity index (χ3v) is 7.83. The maximum Gasteiger partial charge on any atom is 0.416 e. The predicted molar refractivity (Wildman–Crippen MR) is 125 cm³/mol. The van der Waals surface area contributed by atoms with Crippen molar-refractivity contribution >= 4 is 39.4 Å². The van der Waals surface area contributed by atoms with Gasteiger partial charge in [-0.1, -0.05) is 17.8 Å². The number of aliphatic hydroxyl groups excluding tert-OH is 1. The first-order chi connectivity index (χ1) is 16.0. The summed E-state index contributed by atoms with van der Waals surface area (Å²) in [6, 6.07) is 3.51. The number of aromatic nitrogens is 2. The number of primary amides is 1. The summed E-state index contributed by atoms with van der Waals surface area (Å²) in [5.41, 5.74) is 10.9. The van der Waals surface area contributed by atoms with Crippen LogP contribution in [-0.2, 0) is 11.0 Å². The van der Waals surface area contributed by atoms with Gasteiger partial charge in [-0.15, -0.1) is 0 Å². The number of pyridine rings is 2. The SMILES string of the molecule is NC(=O)C1Sc2nc(N3CCC(NCC(O)c4ccc(Br)nc4)CC3)cc(C(F)(F)F)c2C1N. The zero-order valence-electron chi connectivity index (χ0n) is 17.9. The lowest BCUT2D eigenvalue weighted by molar-refractivity contribution is -0.138. The maximum atomic E-state index is 13.8. The highest BCUT2D eigenvalue weighted by Gasteiger charge is 2.45. The van der Waals surface area contributed by atoms with E-state index in [0.717, 1.165) is 17.8 Å². The van der Waals surface area contributed by atoms with Crippen LogP contribution in [0.25, 0.3) is 0 Å². The van der Waals surface area contributed by atoms with E-state index in [1.54, 1.807) is 23.2 Å². The van der Waals surface area contributed by atoms with Crippen molar-refractivity contribution in [3.8, 4) is 0 Å². The lowest BCUT2D eigenvalue weighted by Crippen LogP contribution is -2.44. The molecule has 184 valence electrons. The molecular formula is C21H24BrF3N6O2S. The van der Waals surface area contributed by atoms with Crippen LogP contribution in [0.1, 0.15) is 41.7 Å². The van der Waals surface area contributed by atoms with Gasteiger partial charge in [0.25, 0.3) is 0 Å². The first kappa shape index (κ1) is 25.2. The van der Waals surface area contributed by atoms with E-state index in [4.69, 9.17) is 11.5 Å². The normalized spacial score (nSPS) is 22.0. The van der Waals surface area contributed by atoms with E-state index in [1.165, 1.54) is 0 Å². The molecule has 0 aliphatic carbocycles. The number of fused-ring (bicyclic) bond motifs is 1. The van der Waals surface area contributed by atoms with Crippen molar-refractivity contribution in [2.45, 2.75) is 47.5 Å². The zero-order chi connectivity index (χ0) is 24.6. The Bertz CT molecular complexity index is 1050. The number of hydrogen-bond acceptors (Lipinski definition) is 8. The Balaban J connectivity index is 1.42. The number of halogens is 4. The summed E-state index contributed by atoms with van der Waals surface area (Å²) in [4.78, 5) is 22.0. The van der Waals surface area contributed by atoms with Crippen LogP contribution < -0.4 is 21.7 Å².